The number of carbonyl (C=O) groups is 2. The lowest BCUT2D eigenvalue weighted by atomic mass is 9.86. The van der Waals surface area contributed by atoms with Crippen molar-refractivity contribution in [3.63, 3.8) is 0 Å². The Morgan fingerprint density at radius 1 is 0.857 bits per heavy atom. The lowest BCUT2D eigenvalue weighted by molar-refractivity contribution is -0.119. The quantitative estimate of drug-likeness (QED) is 0.397. The lowest BCUT2D eigenvalue weighted by Crippen LogP contribution is -2.28. The van der Waals surface area contributed by atoms with Gasteiger partial charge in [-0.25, -0.2) is 0 Å². The van der Waals surface area contributed by atoms with E-state index >= 15 is 0 Å². The van der Waals surface area contributed by atoms with E-state index in [2.05, 4.69) is 10.6 Å². The fourth-order valence-electron chi connectivity index (χ4n) is 2.96. The molecule has 0 radical (unpaired) electrons. The molecule has 150 valence electrons. The van der Waals surface area contributed by atoms with Crippen molar-refractivity contribution in [2.24, 2.45) is 0 Å². The van der Waals surface area contributed by atoms with Gasteiger partial charge in [0.1, 0.15) is 0 Å². The van der Waals surface area contributed by atoms with E-state index in [0.29, 0.717) is 29.7 Å². The SMILES string of the molecule is CC(=O)NCCc1cc(O)c(O)cc1[C@H](CNC(C)=O)c1ccc(O)c(O)c1. The molecule has 0 aliphatic rings. The van der Waals surface area contributed by atoms with E-state index in [1.165, 1.54) is 38.1 Å². The summed E-state index contributed by atoms with van der Waals surface area (Å²) in [6, 6.07) is 7.12. The van der Waals surface area contributed by atoms with Crippen molar-refractivity contribution >= 4 is 11.8 Å². The predicted molar refractivity (Wildman–Crippen MR) is 102 cm³/mol. The monoisotopic (exact) mass is 388 g/mol. The number of nitrogens with one attached hydrogen (secondary N) is 2. The van der Waals surface area contributed by atoms with Crippen molar-refractivity contribution < 1.29 is 30.0 Å². The van der Waals surface area contributed by atoms with E-state index in [1.807, 2.05) is 0 Å². The van der Waals surface area contributed by atoms with Gasteiger partial charge in [-0.15, -0.1) is 0 Å². The van der Waals surface area contributed by atoms with Crippen LogP contribution in [-0.4, -0.2) is 45.3 Å². The Balaban J connectivity index is 2.50. The van der Waals surface area contributed by atoms with Crippen molar-refractivity contribution in [2.75, 3.05) is 13.1 Å². The molecule has 2 aromatic carbocycles. The van der Waals surface area contributed by atoms with Gasteiger partial charge in [0.25, 0.3) is 0 Å². The lowest BCUT2D eigenvalue weighted by Gasteiger charge is -2.23. The Kier molecular flexibility index (Phi) is 6.70. The standard InChI is InChI=1S/C20H24N2O6/c1-11(23)21-6-5-14-8-19(27)20(28)9-15(14)16(10-22-12(2)24)13-3-4-17(25)18(26)7-13/h3-4,7-9,16,25-28H,5-6,10H2,1-2H3,(H,21,23)(H,22,24)/t16-/m1/s1. The number of rotatable bonds is 7. The summed E-state index contributed by atoms with van der Waals surface area (Å²) in [7, 11) is 0. The second-order valence-corrected chi connectivity index (χ2v) is 6.51. The highest BCUT2D eigenvalue weighted by atomic mass is 16.3. The summed E-state index contributed by atoms with van der Waals surface area (Å²) in [5.41, 5.74) is 1.86. The predicted octanol–water partition coefficient (Wildman–Crippen LogP) is 1.46. The third kappa shape index (κ3) is 5.29. The maximum absolute atomic E-state index is 11.4. The van der Waals surface area contributed by atoms with Crippen LogP contribution in [0.15, 0.2) is 30.3 Å². The third-order valence-corrected chi connectivity index (χ3v) is 4.34. The van der Waals surface area contributed by atoms with Crippen LogP contribution >= 0.6 is 0 Å². The van der Waals surface area contributed by atoms with Gasteiger partial charge in [-0.2, -0.15) is 0 Å². The summed E-state index contributed by atoms with van der Waals surface area (Å²) in [5.74, 6) is -2.13. The number of amides is 2. The largest absolute Gasteiger partial charge is 0.504 e. The van der Waals surface area contributed by atoms with Crippen LogP contribution in [0.1, 0.15) is 36.5 Å². The van der Waals surface area contributed by atoms with E-state index in [0.717, 1.165) is 0 Å². The molecule has 0 fully saturated rings. The van der Waals surface area contributed by atoms with Crippen molar-refractivity contribution in [3.8, 4) is 23.0 Å². The summed E-state index contributed by atoms with van der Waals surface area (Å²) in [6.07, 6.45) is 0.378. The zero-order valence-corrected chi connectivity index (χ0v) is 15.7. The molecule has 8 nitrogen and oxygen atoms in total. The van der Waals surface area contributed by atoms with Gasteiger partial charge in [0.15, 0.2) is 23.0 Å². The summed E-state index contributed by atoms with van der Waals surface area (Å²) in [5, 5.41) is 44.8. The van der Waals surface area contributed by atoms with Crippen LogP contribution in [0.25, 0.3) is 0 Å². The number of phenolic OH excluding ortho intramolecular Hbond substituents is 4. The molecule has 0 heterocycles. The van der Waals surface area contributed by atoms with Crippen molar-refractivity contribution in [1.82, 2.24) is 10.6 Å². The fourth-order valence-corrected chi connectivity index (χ4v) is 2.96. The molecule has 8 heteroatoms. The van der Waals surface area contributed by atoms with Crippen LogP contribution in [0, 0.1) is 0 Å². The maximum atomic E-state index is 11.4. The summed E-state index contributed by atoms with van der Waals surface area (Å²) >= 11 is 0. The van der Waals surface area contributed by atoms with E-state index in [-0.39, 0.29) is 41.4 Å². The smallest absolute Gasteiger partial charge is 0.216 e. The normalized spacial score (nSPS) is 11.6. The van der Waals surface area contributed by atoms with Gasteiger partial charge in [0.2, 0.25) is 11.8 Å². The molecule has 0 aromatic heterocycles. The Morgan fingerprint density at radius 2 is 1.46 bits per heavy atom. The van der Waals surface area contributed by atoms with Crippen LogP contribution < -0.4 is 10.6 Å². The first kappa shape index (κ1) is 20.9. The minimum atomic E-state index is -0.478. The average molecular weight is 388 g/mol. The molecule has 1 atom stereocenters. The van der Waals surface area contributed by atoms with Crippen LogP contribution in [0.2, 0.25) is 0 Å². The highest BCUT2D eigenvalue weighted by molar-refractivity contribution is 5.73. The number of aromatic hydroxyl groups is 4. The molecule has 0 bridgehead atoms. The zero-order chi connectivity index (χ0) is 20.8. The van der Waals surface area contributed by atoms with Crippen molar-refractivity contribution in [2.45, 2.75) is 26.2 Å². The molecule has 0 aliphatic carbocycles. The number of benzene rings is 2. The molecule has 0 saturated carbocycles. The molecule has 2 aromatic rings. The molecule has 2 rings (SSSR count). The maximum Gasteiger partial charge on any atom is 0.216 e. The van der Waals surface area contributed by atoms with E-state index < -0.39 is 5.92 Å². The van der Waals surface area contributed by atoms with E-state index in [9.17, 15) is 30.0 Å². The molecule has 0 saturated heterocycles. The van der Waals surface area contributed by atoms with Crippen molar-refractivity contribution in [3.05, 3.63) is 47.0 Å². The number of hydrogen-bond donors (Lipinski definition) is 6. The van der Waals surface area contributed by atoms with Gasteiger partial charge < -0.3 is 31.1 Å². The average Bonchev–Trinajstić information content (AvgIpc) is 2.61. The minimum absolute atomic E-state index is 0.164. The topological polar surface area (TPSA) is 139 Å². The first-order valence-corrected chi connectivity index (χ1v) is 8.74. The van der Waals surface area contributed by atoms with Crippen LogP contribution in [-0.2, 0) is 16.0 Å². The highest BCUT2D eigenvalue weighted by Crippen LogP contribution is 2.37. The number of phenols is 4. The Bertz CT molecular complexity index is 881. The van der Waals surface area contributed by atoms with Gasteiger partial charge in [0.05, 0.1) is 0 Å². The van der Waals surface area contributed by atoms with Gasteiger partial charge in [-0.3, -0.25) is 9.59 Å². The first-order chi connectivity index (χ1) is 13.2. The molecule has 6 N–H and O–H groups in total. The van der Waals surface area contributed by atoms with Crippen molar-refractivity contribution in [1.29, 1.82) is 0 Å². The molecule has 0 aliphatic heterocycles. The summed E-state index contributed by atoms with van der Waals surface area (Å²) in [4.78, 5) is 22.6. The summed E-state index contributed by atoms with van der Waals surface area (Å²) < 4.78 is 0. The van der Waals surface area contributed by atoms with E-state index in [1.54, 1.807) is 6.07 Å². The summed E-state index contributed by atoms with van der Waals surface area (Å²) in [6.45, 7) is 3.25. The fraction of sp³-hybridized carbons (Fsp3) is 0.300. The third-order valence-electron chi connectivity index (χ3n) is 4.34. The molecular weight excluding hydrogens is 364 g/mol. The zero-order valence-electron chi connectivity index (χ0n) is 15.7. The molecular formula is C20H24N2O6. The molecule has 2 amide bonds. The van der Waals surface area contributed by atoms with Gasteiger partial charge >= 0.3 is 0 Å². The second-order valence-electron chi connectivity index (χ2n) is 6.51. The molecule has 0 spiro atoms. The Labute approximate surface area is 162 Å². The van der Waals surface area contributed by atoms with Gasteiger partial charge in [-0.05, 0) is 47.4 Å². The molecule has 0 unspecified atom stereocenters. The molecule has 28 heavy (non-hydrogen) atoms. The second kappa shape index (κ2) is 8.98. The van der Waals surface area contributed by atoms with Gasteiger partial charge in [-0.1, -0.05) is 6.07 Å². The van der Waals surface area contributed by atoms with E-state index in [4.69, 9.17) is 0 Å². The van der Waals surface area contributed by atoms with Crippen LogP contribution in [0.3, 0.4) is 0 Å². The van der Waals surface area contributed by atoms with Crippen LogP contribution in [0.4, 0.5) is 0 Å². The van der Waals surface area contributed by atoms with Gasteiger partial charge in [0, 0.05) is 32.9 Å². The number of carbonyl (C=O) groups excluding carboxylic acids is 2. The Morgan fingerprint density at radius 3 is 2.07 bits per heavy atom. The number of hydrogen-bond acceptors (Lipinski definition) is 6. The Hall–Kier alpha value is -3.42. The minimum Gasteiger partial charge on any atom is -0.504 e. The van der Waals surface area contributed by atoms with Crippen LogP contribution in [0.5, 0.6) is 23.0 Å². The highest BCUT2D eigenvalue weighted by Gasteiger charge is 2.21. The first-order valence-electron chi connectivity index (χ1n) is 8.74.